The molecule has 1 aliphatic heterocycles. The number of hydrogen-bond acceptors (Lipinski definition) is 5. The summed E-state index contributed by atoms with van der Waals surface area (Å²) in [6.45, 7) is 13.3. The van der Waals surface area contributed by atoms with E-state index in [-0.39, 0.29) is 12.2 Å². The number of aromatic nitrogens is 1. The average molecular weight is 398 g/mol. The van der Waals surface area contributed by atoms with E-state index in [0.717, 1.165) is 49.7 Å². The van der Waals surface area contributed by atoms with Crippen molar-refractivity contribution in [3.8, 4) is 11.5 Å². The van der Waals surface area contributed by atoms with Gasteiger partial charge < -0.3 is 14.8 Å². The van der Waals surface area contributed by atoms with Crippen molar-refractivity contribution in [2.45, 2.75) is 72.3 Å². The maximum Gasteiger partial charge on any atom is 0.123 e. The molecule has 0 amide bonds. The van der Waals surface area contributed by atoms with Crippen LogP contribution in [-0.4, -0.2) is 41.2 Å². The van der Waals surface area contributed by atoms with Gasteiger partial charge in [-0.05, 0) is 77.3 Å². The number of benzene rings is 1. The molecule has 5 heteroatoms. The summed E-state index contributed by atoms with van der Waals surface area (Å²) < 4.78 is 11.9. The van der Waals surface area contributed by atoms with Gasteiger partial charge in [0.25, 0.3) is 0 Å². The van der Waals surface area contributed by atoms with Gasteiger partial charge in [0.2, 0.25) is 0 Å². The van der Waals surface area contributed by atoms with Crippen molar-refractivity contribution >= 4 is 5.69 Å². The lowest BCUT2D eigenvalue weighted by atomic mass is 10.0. The number of likely N-dealkylation sites (tertiary alicyclic amines) is 1. The number of nitrogens with zero attached hydrogens (tertiary/aromatic N) is 2. The molecule has 2 aromatic rings. The van der Waals surface area contributed by atoms with Gasteiger partial charge in [0.05, 0.1) is 12.2 Å². The van der Waals surface area contributed by atoms with Crippen LogP contribution in [0, 0.1) is 6.92 Å². The van der Waals surface area contributed by atoms with Crippen molar-refractivity contribution < 1.29 is 9.47 Å². The van der Waals surface area contributed by atoms with Gasteiger partial charge in [0.1, 0.15) is 11.5 Å². The average Bonchev–Trinajstić information content (AvgIpc) is 2.62. The predicted molar refractivity (Wildman–Crippen MR) is 119 cm³/mol. The van der Waals surface area contributed by atoms with E-state index in [9.17, 15) is 0 Å². The Morgan fingerprint density at radius 2 is 1.62 bits per heavy atom. The third-order valence-electron chi connectivity index (χ3n) is 4.94. The topological polar surface area (TPSA) is 46.6 Å². The highest BCUT2D eigenvalue weighted by Gasteiger charge is 2.20. The number of aryl methyl sites for hydroxylation is 1. The molecule has 0 spiro atoms. The lowest BCUT2D eigenvalue weighted by Crippen LogP contribution is -2.38. The Balaban J connectivity index is 1.58. The minimum Gasteiger partial charge on any atom is -0.491 e. The Bertz CT molecular complexity index is 755. The monoisotopic (exact) mass is 397 g/mol. The fourth-order valence-electron chi connectivity index (χ4n) is 3.77. The third kappa shape index (κ3) is 6.93. The molecule has 29 heavy (non-hydrogen) atoms. The van der Waals surface area contributed by atoms with Gasteiger partial charge in [-0.2, -0.15) is 0 Å². The van der Waals surface area contributed by atoms with Crippen LogP contribution in [0.1, 0.15) is 51.8 Å². The minimum absolute atomic E-state index is 0.149. The highest BCUT2D eigenvalue weighted by atomic mass is 16.5. The maximum atomic E-state index is 5.95. The van der Waals surface area contributed by atoms with Crippen LogP contribution in [0.25, 0.3) is 0 Å². The van der Waals surface area contributed by atoms with E-state index in [1.54, 1.807) is 0 Å². The van der Waals surface area contributed by atoms with Crippen LogP contribution in [0.4, 0.5) is 5.69 Å². The highest BCUT2D eigenvalue weighted by molar-refractivity contribution is 5.44. The van der Waals surface area contributed by atoms with Gasteiger partial charge in [-0.1, -0.05) is 0 Å². The van der Waals surface area contributed by atoms with E-state index < -0.39 is 0 Å². The summed E-state index contributed by atoms with van der Waals surface area (Å²) in [4.78, 5) is 6.79. The molecule has 2 heterocycles. The summed E-state index contributed by atoms with van der Waals surface area (Å²) in [7, 11) is 0. The van der Waals surface area contributed by atoms with Crippen molar-refractivity contribution in [3.63, 3.8) is 0 Å². The first-order valence-electron chi connectivity index (χ1n) is 10.8. The van der Waals surface area contributed by atoms with Gasteiger partial charge in [0.15, 0.2) is 0 Å². The molecule has 0 aliphatic carbocycles. The lowest BCUT2D eigenvalue weighted by Gasteiger charge is -2.33. The fourth-order valence-corrected chi connectivity index (χ4v) is 3.77. The van der Waals surface area contributed by atoms with Crippen LogP contribution in [0.5, 0.6) is 11.5 Å². The van der Waals surface area contributed by atoms with Gasteiger partial charge in [-0.15, -0.1) is 0 Å². The molecule has 1 N–H and O–H groups in total. The molecule has 1 fully saturated rings. The van der Waals surface area contributed by atoms with Gasteiger partial charge >= 0.3 is 0 Å². The second-order valence-corrected chi connectivity index (χ2v) is 8.53. The number of anilines is 1. The zero-order valence-corrected chi connectivity index (χ0v) is 18.4. The van der Waals surface area contributed by atoms with E-state index in [0.29, 0.717) is 6.04 Å². The first kappa shape index (κ1) is 21.4. The smallest absolute Gasteiger partial charge is 0.123 e. The van der Waals surface area contributed by atoms with Crippen molar-refractivity contribution in [3.05, 3.63) is 47.8 Å². The predicted octanol–water partition coefficient (Wildman–Crippen LogP) is 5.04. The Hall–Kier alpha value is -2.27. The normalized spacial score (nSPS) is 15.7. The number of piperidine rings is 1. The standard InChI is InChI=1S/C24H35N3O2/c1-17(2)28-23-13-20(14-24(15-23)29-18(3)4)16-27-10-7-21(8-11-27)26-22-6-9-25-19(5)12-22/h6,9,12-15,17-18,21H,7-8,10-11,16H2,1-5H3,(H,25,26). The molecular formula is C24H35N3O2. The molecule has 1 saturated heterocycles. The highest BCUT2D eigenvalue weighted by Crippen LogP contribution is 2.27. The fraction of sp³-hybridized carbons (Fsp3) is 0.542. The molecular weight excluding hydrogens is 362 g/mol. The van der Waals surface area contributed by atoms with E-state index in [1.807, 2.05) is 19.2 Å². The number of hydrogen-bond donors (Lipinski definition) is 1. The zero-order chi connectivity index (χ0) is 20.8. The van der Waals surface area contributed by atoms with E-state index >= 15 is 0 Å². The quantitative estimate of drug-likeness (QED) is 0.676. The van der Waals surface area contributed by atoms with Crippen LogP contribution in [0.3, 0.4) is 0 Å². The molecule has 158 valence electrons. The first-order chi connectivity index (χ1) is 13.9. The molecule has 1 aliphatic rings. The molecule has 0 unspecified atom stereocenters. The SMILES string of the molecule is Cc1cc(NC2CCN(Cc3cc(OC(C)C)cc(OC(C)C)c3)CC2)ccn1. The number of pyridine rings is 1. The first-order valence-corrected chi connectivity index (χ1v) is 10.8. The lowest BCUT2D eigenvalue weighted by molar-refractivity contribution is 0.207. The van der Waals surface area contributed by atoms with Crippen LogP contribution in [0.2, 0.25) is 0 Å². The maximum absolute atomic E-state index is 5.95. The molecule has 0 bridgehead atoms. The molecule has 0 radical (unpaired) electrons. The summed E-state index contributed by atoms with van der Waals surface area (Å²) in [6, 6.07) is 11.0. The van der Waals surface area contributed by atoms with Crippen molar-refractivity contribution in [1.29, 1.82) is 0 Å². The summed E-state index contributed by atoms with van der Waals surface area (Å²) in [6.07, 6.45) is 4.44. The van der Waals surface area contributed by atoms with Crippen LogP contribution >= 0.6 is 0 Å². The second kappa shape index (κ2) is 9.97. The minimum atomic E-state index is 0.149. The van der Waals surface area contributed by atoms with Crippen molar-refractivity contribution in [2.24, 2.45) is 0 Å². The summed E-state index contributed by atoms with van der Waals surface area (Å²) in [5, 5.41) is 3.66. The second-order valence-electron chi connectivity index (χ2n) is 8.53. The van der Waals surface area contributed by atoms with Crippen LogP contribution in [0.15, 0.2) is 36.5 Å². The van der Waals surface area contributed by atoms with E-state index in [4.69, 9.17) is 9.47 Å². The molecule has 0 saturated carbocycles. The molecule has 5 nitrogen and oxygen atoms in total. The largest absolute Gasteiger partial charge is 0.491 e. The third-order valence-corrected chi connectivity index (χ3v) is 4.94. The summed E-state index contributed by atoms with van der Waals surface area (Å²) in [5.41, 5.74) is 3.47. The van der Waals surface area contributed by atoms with Crippen LogP contribution < -0.4 is 14.8 Å². The van der Waals surface area contributed by atoms with Gasteiger partial charge in [-0.25, -0.2) is 0 Å². The number of nitrogens with one attached hydrogen (secondary N) is 1. The van der Waals surface area contributed by atoms with Gasteiger partial charge in [0, 0.05) is 49.3 Å². The molecule has 0 atom stereocenters. The van der Waals surface area contributed by atoms with Crippen molar-refractivity contribution in [1.82, 2.24) is 9.88 Å². The molecule has 1 aromatic heterocycles. The molecule has 3 rings (SSSR count). The number of rotatable bonds is 8. The Labute approximate surface area is 175 Å². The van der Waals surface area contributed by atoms with Crippen LogP contribution in [-0.2, 0) is 6.54 Å². The number of ether oxygens (including phenoxy) is 2. The van der Waals surface area contributed by atoms with E-state index in [2.05, 4.69) is 67.2 Å². The van der Waals surface area contributed by atoms with Crippen molar-refractivity contribution in [2.75, 3.05) is 18.4 Å². The molecule has 1 aromatic carbocycles. The summed E-state index contributed by atoms with van der Waals surface area (Å²) in [5.74, 6) is 1.77. The Morgan fingerprint density at radius 3 is 2.17 bits per heavy atom. The Morgan fingerprint density at radius 1 is 1.00 bits per heavy atom. The van der Waals surface area contributed by atoms with E-state index in [1.165, 1.54) is 11.3 Å². The Kier molecular flexibility index (Phi) is 7.37. The summed E-state index contributed by atoms with van der Waals surface area (Å²) >= 11 is 0. The zero-order valence-electron chi connectivity index (χ0n) is 18.4. The van der Waals surface area contributed by atoms with Gasteiger partial charge in [-0.3, -0.25) is 9.88 Å².